The Morgan fingerprint density at radius 1 is 1.14 bits per heavy atom. The molecule has 0 amide bonds. The fourth-order valence-corrected chi connectivity index (χ4v) is 3.54. The second kappa shape index (κ2) is 6.65. The molecular weight excluding hydrogens is 280 g/mol. The normalized spacial score (nSPS) is 22.4. The third-order valence-electron chi connectivity index (χ3n) is 4.83. The van der Waals surface area contributed by atoms with E-state index in [4.69, 9.17) is 11.6 Å². The van der Waals surface area contributed by atoms with Crippen LogP contribution in [0.1, 0.15) is 39.0 Å². The summed E-state index contributed by atoms with van der Waals surface area (Å²) >= 11 is 6.04. The lowest BCUT2D eigenvalue weighted by molar-refractivity contribution is 0.278. The van der Waals surface area contributed by atoms with E-state index in [1.807, 2.05) is 18.3 Å². The molecule has 0 bridgehead atoms. The lowest BCUT2D eigenvalue weighted by atomic mass is 9.81. The van der Waals surface area contributed by atoms with E-state index < -0.39 is 0 Å². The SMILES string of the molecule is CCC1CCC(CNc2ccnc3cc(Cl)ccc23)CC1. The van der Waals surface area contributed by atoms with Crippen LogP contribution in [0.25, 0.3) is 10.9 Å². The Bertz CT molecular complexity index is 603. The van der Waals surface area contributed by atoms with Gasteiger partial charge in [0.05, 0.1) is 5.52 Å². The molecule has 1 saturated carbocycles. The number of nitrogens with zero attached hydrogens (tertiary/aromatic N) is 1. The van der Waals surface area contributed by atoms with Crippen LogP contribution in [0.5, 0.6) is 0 Å². The van der Waals surface area contributed by atoms with Crippen molar-refractivity contribution in [2.24, 2.45) is 11.8 Å². The van der Waals surface area contributed by atoms with Gasteiger partial charge >= 0.3 is 0 Å². The van der Waals surface area contributed by atoms with Gasteiger partial charge in [0.15, 0.2) is 0 Å². The van der Waals surface area contributed by atoms with Crippen molar-refractivity contribution in [3.8, 4) is 0 Å². The molecule has 3 rings (SSSR count). The Kier molecular flexibility index (Phi) is 4.64. The van der Waals surface area contributed by atoms with Crippen LogP contribution in [0.4, 0.5) is 5.69 Å². The smallest absolute Gasteiger partial charge is 0.0737 e. The molecule has 1 fully saturated rings. The van der Waals surface area contributed by atoms with Crippen molar-refractivity contribution in [3.05, 3.63) is 35.5 Å². The summed E-state index contributed by atoms with van der Waals surface area (Å²) < 4.78 is 0. The van der Waals surface area contributed by atoms with Gasteiger partial charge in [0, 0.05) is 28.8 Å². The molecule has 1 aromatic carbocycles. The van der Waals surface area contributed by atoms with E-state index in [1.54, 1.807) is 0 Å². The van der Waals surface area contributed by atoms with Gasteiger partial charge in [-0.3, -0.25) is 4.98 Å². The zero-order valence-electron chi connectivity index (χ0n) is 12.6. The van der Waals surface area contributed by atoms with Gasteiger partial charge in [-0.15, -0.1) is 0 Å². The monoisotopic (exact) mass is 302 g/mol. The van der Waals surface area contributed by atoms with E-state index in [0.29, 0.717) is 0 Å². The van der Waals surface area contributed by atoms with E-state index in [0.717, 1.165) is 34.3 Å². The van der Waals surface area contributed by atoms with Crippen LogP contribution in [-0.2, 0) is 0 Å². The summed E-state index contributed by atoms with van der Waals surface area (Å²) in [5.74, 6) is 1.77. The van der Waals surface area contributed by atoms with Gasteiger partial charge < -0.3 is 5.32 Å². The molecule has 0 radical (unpaired) electrons. The molecule has 1 N–H and O–H groups in total. The first-order chi connectivity index (χ1) is 10.3. The van der Waals surface area contributed by atoms with Crippen LogP contribution < -0.4 is 5.32 Å². The predicted molar refractivity (Wildman–Crippen MR) is 91.0 cm³/mol. The number of halogens is 1. The van der Waals surface area contributed by atoms with Gasteiger partial charge in [0.25, 0.3) is 0 Å². The maximum atomic E-state index is 6.04. The fourth-order valence-electron chi connectivity index (χ4n) is 3.37. The number of anilines is 1. The first-order valence-electron chi connectivity index (χ1n) is 8.04. The first-order valence-corrected chi connectivity index (χ1v) is 8.42. The summed E-state index contributed by atoms with van der Waals surface area (Å²) in [5.41, 5.74) is 2.14. The lowest BCUT2D eigenvalue weighted by Crippen LogP contribution is -2.21. The number of nitrogens with one attached hydrogen (secondary N) is 1. The summed E-state index contributed by atoms with van der Waals surface area (Å²) in [6.45, 7) is 3.38. The minimum absolute atomic E-state index is 0.741. The molecule has 1 aliphatic rings. The van der Waals surface area contributed by atoms with Crippen LogP contribution in [0.15, 0.2) is 30.5 Å². The highest BCUT2D eigenvalue weighted by Crippen LogP contribution is 2.31. The zero-order chi connectivity index (χ0) is 14.7. The first kappa shape index (κ1) is 14.6. The molecule has 0 saturated heterocycles. The standard InChI is InChI=1S/C18H23ClN2/c1-2-13-3-5-14(6-4-13)12-21-17-9-10-20-18-11-15(19)7-8-16(17)18/h7-11,13-14H,2-6,12H2,1H3,(H,20,21). The highest BCUT2D eigenvalue weighted by Gasteiger charge is 2.19. The Morgan fingerprint density at radius 3 is 2.67 bits per heavy atom. The Hall–Kier alpha value is -1.28. The second-order valence-electron chi connectivity index (χ2n) is 6.20. The molecular formula is C18H23ClN2. The maximum Gasteiger partial charge on any atom is 0.0737 e. The van der Waals surface area contributed by atoms with Gasteiger partial charge in [-0.05, 0) is 48.9 Å². The topological polar surface area (TPSA) is 24.9 Å². The Morgan fingerprint density at radius 2 is 1.90 bits per heavy atom. The van der Waals surface area contributed by atoms with E-state index in [-0.39, 0.29) is 0 Å². The molecule has 21 heavy (non-hydrogen) atoms. The molecule has 2 nitrogen and oxygen atoms in total. The summed E-state index contributed by atoms with van der Waals surface area (Å²) in [5, 5.41) is 5.52. The van der Waals surface area contributed by atoms with Crippen LogP contribution in [0.2, 0.25) is 5.02 Å². The molecule has 0 aliphatic heterocycles. The van der Waals surface area contributed by atoms with Crippen molar-refractivity contribution in [2.75, 3.05) is 11.9 Å². The van der Waals surface area contributed by atoms with Crippen molar-refractivity contribution in [2.45, 2.75) is 39.0 Å². The average molecular weight is 303 g/mol. The summed E-state index contributed by atoms with van der Waals surface area (Å²) in [7, 11) is 0. The van der Waals surface area contributed by atoms with Crippen molar-refractivity contribution in [3.63, 3.8) is 0 Å². The van der Waals surface area contributed by atoms with Gasteiger partial charge in [0.1, 0.15) is 0 Å². The van der Waals surface area contributed by atoms with Gasteiger partial charge in [-0.1, -0.05) is 37.8 Å². The van der Waals surface area contributed by atoms with Crippen molar-refractivity contribution in [1.82, 2.24) is 4.98 Å². The number of aromatic nitrogens is 1. The molecule has 112 valence electrons. The zero-order valence-corrected chi connectivity index (χ0v) is 13.4. The van der Waals surface area contributed by atoms with Crippen molar-refractivity contribution < 1.29 is 0 Å². The number of rotatable bonds is 4. The minimum Gasteiger partial charge on any atom is -0.384 e. The third-order valence-corrected chi connectivity index (χ3v) is 5.06. The Balaban J connectivity index is 1.66. The fraction of sp³-hybridized carbons (Fsp3) is 0.500. The largest absolute Gasteiger partial charge is 0.384 e. The van der Waals surface area contributed by atoms with Crippen LogP contribution in [0.3, 0.4) is 0 Å². The molecule has 1 aliphatic carbocycles. The van der Waals surface area contributed by atoms with Crippen LogP contribution in [-0.4, -0.2) is 11.5 Å². The summed E-state index contributed by atoms with van der Waals surface area (Å²) in [4.78, 5) is 4.39. The van der Waals surface area contributed by atoms with Crippen molar-refractivity contribution in [1.29, 1.82) is 0 Å². The van der Waals surface area contributed by atoms with Gasteiger partial charge in [0.2, 0.25) is 0 Å². The quantitative estimate of drug-likeness (QED) is 0.804. The van der Waals surface area contributed by atoms with Crippen LogP contribution >= 0.6 is 11.6 Å². The highest BCUT2D eigenvalue weighted by atomic mass is 35.5. The number of benzene rings is 1. The number of fused-ring (bicyclic) bond motifs is 1. The number of hydrogen-bond acceptors (Lipinski definition) is 2. The van der Waals surface area contributed by atoms with E-state index in [2.05, 4.69) is 29.4 Å². The van der Waals surface area contributed by atoms with Crippen molar-refractivity contribution >= 4 is 28.2 Å². The molecule has 1 aromatic heterocycles. The van der Waals surface area contributed by atoms with Crippen LogP contribution in [0, 0.1) is 11.8 Å². The average Bonchev–Trinajstić information content (AvgIpc) is 2.53. The number of hydrogen-bond donors (Lipinski definition) is 1. The molecule has 3 heteroatoms. The van der Waals surface area contributed by atoms with Gasteiger partial charge in [-0.25, -0.2) is 0 Å². The predicted octanol–water partition coefficient (Wildman–Crippen LogP) is 5.52. The third kappa shape index (κ3) is 3.49. The Labute approximate surface area is 131 Å². The molecule has 0 atom stereocenters. The second-order valence-corrected chi connectivity index (χ2v) is 6.63. The minimum atomic E-state index is 0.741. The van der Waals surface area contributed by atoms with E-state index >= 15 is 0 Å². The molecule has 2 aromatic rings. The van der Waals surface area contributed by atoms with Gasteiger partial charge in [-0.2, -0.15) is 0 Å². The molecule has 0 unspecified atom stereocenters. The lowest BCUT2D eigenvalue weighted by Gasteiger charge is -2.28. The highest BCUT2D eigenvalue weighted by molar-refractivity contribution is 6.31. The number of pyridine rings is 1. The summed E-state index contributed by atoms with van der Waals surface area (Å²) in [6, 6.07) is 7.98. The van der Waals surface area contributed by atoms with E-state index in [1.165, 1.54) is 37.8 Å². The maximum absolute atomic E-state index is 6.04. The van der Waals surface area contributed by atoms with E-state index in [9.17, 15) is 0 Å². The molecule has 1 heterocycles. The molecule has 0 spiro atoms. The summed E-state index contributed by atoms with van der Waals surface area (Å²) in [6.07, 6.45) is 8.72.